The Bertz CT molecular complexity index is 623. The minimum atomic E-state index is -0.993. The van der Waals surface area contributed by atoms with Crippen molar-refractivity contribution in [2.24, 2.45) is 0 Å². The zero-order valence-corrected chi connectivity index (χ0v) is 12.3. The molecule has 0 bridgehead atoms. The lowest BCUT2D eigenvalue weighted by atomic mass is 10.1. The maximum atomic E-state index is 11.0. The first-order valence-corrected chi connectivity index (χ1v) is 6.85. The van der Waals surface area contributed by atoms with Crippen LogP contribution in [-0.2, 0) is 12.5 Å². The normalized spacial score (nSPS) is 10.2. The van der Waals surface area contributed by atoms with E-state index in [4.69, 9.17) is 26.2 Å². The Kier molecular flexibility index (Phi) is 5.06. The maximum absolute atomic E-state index is 11.0. The summed E-state index contributed by atoms with van der Waals surface area (Å²) in [6, 6.07) is 12.3. The van der Waals surface area contributed by atoms with Crippen LogP contribution in [0.3, 0.4) is 0 Å². The van der Waals surface area contributed by atoms with Gasteiger partial charge in [0.2, 0.25) is 0 Å². The van der Waals surface area contributed by atoms with Gasteiger partial charge in [0, 0.05) is 5.88 Å². The lowest BCUT2D eigenvalue weighted by Gasteiger charge is -2.09. The van der Waals surface area contributed by atoms with Crippen molar-refractivity contribution in [3.05, 3.63) is 59.2 Å². The van der Waals surface area contributed by atoms with Gasteiger partial charge in [-0.05, 0) is 41.5 Å². The van der Waals surface area contributed by atoms with Crippen LogP contribution in [0, 0.1) is 0 Å². The lowest BCUT2D eigenvalue weighted by Crippen LogP contribution is -2.02. The molecule has 0 saturated heterocycles. The van der Waals surface area contributed by atoms with Crippen molar-refractivity contribution < 1.29 is 19.4 Å². The Balaban J connectivity index is 2.07. The van der Waals surface area contributed by atoms with Crippen LogP contribution in [0.2, 0.25) is 0 Å². The molecule has 0 unspecified atom stereocenters. The van der Waals surface area contributed by atoms with Gasteiger partial charge >= 0.3 is 5.97 Å². The summed E-state index contributed by atoms with van der Waals surface area (Å²) < 4.78 is 10.7. The van der Waals surface area contributed by atoms with E-state index in [0.29, 0.717) is 17.9 Å². The van der Waals surface area contributed by atoms with Crippen molar-refractivity contribution in [1.82, 2.24) is 0 Å². The van der Waals surface area contributed by atoms with Gasteiger partial charge < -0.3 is 14.6 Å². The molecule has 0 aliphatic heterocycles. The number of carboxylic acids is 1. The number of ether oxygens (including phenoxy) is 2. The fraction of sp³-hybridized carbons (Fsp3) is 0.188. The number of alkyl halides is 1. The van der Waals surface area contributed by atoms with Crippen molar-refractivity contribution in [2.45, 2.75) is 12.5 Å². The van der Waals surface area contributed by atoms with E-state index < -0.39 is 5.97 Å². The van der Waals surface area contributed by atoms with E-state index in [9.17, 15) is 4.79 Å². The molecule has 0 fully saturated rings. The van der Waals surface area contributed by atoms with Gasteiger partial charge in [-0.3, -0.25) is 0 Å². The molecular weight excluding hydrogens is 292 g/mol. The van der Waals surface area contributed by atoms with E-state index in [0.717, 1.165) is 11.3 Å². The van der Waals surface area contributed by atoms with Crippen molar-refractivity contribution in [3.63, 3.8) is 0 Å². The number of aromatic carboxylic acids is 1. The molecule has 21 heavy (non-hydrogen) atoms. The highest BCUT2D eigenvalue weighted by atomic mass is 35.5. The molecule has 110 valence electrons. The van der Waals surface area contributed by atoms with Gasteiger partial charge in [-0.25, -0.2) is 4.79 Å². The molecule has 0 spiro atoms. The van der Waals surface area contributed by atoms with Crippen LogP contribution in [-0.4, -0.2) is 18.2 Å². The van der Waals surface area contributed by atoms with Gasteiger partial charge in [0.25, 0.3) is 0 Å². The molecule has 0 aliphatic carbocycles. The standard InChI is InChI=1S/C16H15ClO4/c1-20-13-4-2-11(3-5-13)10-21-14-6-7-15(16(18)19)12(8-14)9-17/h2-8H,9-10H2,1H3,(H,18,19). The summed E-state index contributed by atoms with van der Waals surface area (Å²) in [7, 11) is 1.61. The smallest absolute Gasteiger partial charge is 0.336 e. The molecule has 0 atom stereocenters. The first-order valence-electron chi connectivity index (χ1n) is 6.32. The van der Waals surface area contributed by atoms with E-state index in [1.807, 2.05) is 24.3 Å². The van der Waals surface area contributed by atoms with E-state index in [2.05, 4.69) is 0 Å². The Morgan fingerprint density at radius 2 is 1.81 bits per heavy atom. The number of benzene rings is 2. The summed E-state index contributed by atoms with van der Waals surface area (Å²) >= 11 is 5.77. The second-order valence-electron chi connectivity index (χ2n) is 4.39. The molecule has 1 N–H and O–H groups in total. The third-order valence-electron chi connectivity index (χ3n) is 3.02. The van der Waals surface area contributed by atoms with Gasteiger partial charge in [-0.1, -0.05) is 12.1 Å². The van der Waals surface area contributed by atoms with Crippen LogP contribution in [0.1, 0.15) is 21.5 Å². The number of halogens is 1. The van der Waals surface area contributed by atoms with E-state index >= 15 is 0 Å². The van der Waals surface area contributed by atoms with Crippen molar-refractivity contribution in [1.29, 1.82) is 0 Å². The minimum Gasteiger partial charge on any atom is -0.497 e. The summed E-state index contributed by atoms with van der Waals surface area (Å²) in [4.78, 5) is 11.0. The molecule has 2 rings (SSSR count). The number of rotatable bonds is 6. The van der Waals surface area contributed by atoms with Gasteiger partial charge in [0.1, 0.15) is 18.1 Å². The second-order valence-corrected chi connectivity index (χ2v) is 4.66. The van der Waals surface area contributed by atoms with Gasteiger partial charge in [0.05, 0.1) is 12.7 Å². The fourth-order valence-electron chi connectivity index (χ4n) is 1.87. The Morgan fingerprint density at radius 1 is 1.14 bits per heavy atom. The summed E-state index contributed by atoms with van der Waals surface area (Å²) in [6.07, 6.45) is 0. The summed E-state index contributed by atoms with van der Waals surface area (Å²) in [5, 5.41) is 9.03. The predicted molar refractivity (Wildman–Crippen MR) is 80.3 cm³/mol. The Labute approximate surface area is 127 Å². The number of hydrogen-bond donors (Lipinski definition) is 1. The van der Waals surface area contributed by atoms with Crippen LogP contribution < -0.4 is 9.47 Å². The van der Waals surface area contributed by atoms with Crippen molar-refractivity contribution >= 4 is 17.6 Å². The zero-order chi connectivity index (χ0) is 15.2. The van der Waals surface area contributed by atoms with Crippen molar-refractivity contribution in [3.8, 4) is 11.5 Å². The summed E-state index contributed by atoms with van der Waals surface area (Å²) in [5.41, 5.74) is 1.73. The topological polar surface area (TPSA) is 55.8 Å². The van der Waals surface area contributed by atoms with E-state index in [-0.39, 0.29) is 11.4 Å². The quantitative estimate of drug-likeness (QED) is 0.827. The van der Waals surface area contributed by atoms with Crippen molar-refractivity contribution in [2.75, 3.05) is 7.11 Å². The predicted octanol–water partition coefficient (Wildman–Crippen LogP) is 3.71. The van der Waals surface area contributed by atoms with Crippen LogP contribution >= 0.6 is 11.6 Å². The highest BCUT2D eigenvalue weighted by Gasteiger charge is 2.10. The Morgan fingerprint density at radius 3 is 2.38 bits per heavy atom. The van der Waals surface area contributed by atoms with Gasteiger partial charge in [-0.15, -0.1) is 11.6 Å². The van der Waals surface area contributed by atoms with Crippen LogP contribution in [0.15, 0.2) is 42.5 Å². The molecule has 0 aliphatic rings. The molecule has 0 radical (unpaired) electrons. The molecule has 0 amide bonds. The number of hydrogen-bond acceptors (Lipinski definition) is 3. The van der Waals surface area contributed by atoms with Crippen LogP contribution in [0.25, 0.3) is 0 Å². The second kappa shape index (κ2) is 6.99. The zero-order valence-electron chi connectivity index (χ0n) is 11.5. The van der Waals surface area contributed by atoms with Crippen LogP contribution in [0.5, 0.6) is 11.5 Å². The first kappa shape index (κ1) is 15.2. The number of carbonyl (C=O) groups is 1. The maximum Gasteiger partial charge on any atom is 0.336 e. The fourth-order valence-corrected chi connectivity index (χ4v) is 2.09. The average molecular weight is 307 g/mol. The molecule has 0 aromatic heterocycles. The number of carboxylic acid groups (broad SMARTS) is 1. The third kappa shape index (κ3) is 3.89. The third-order valence-corrected chi connectivity index (χ3v) is 3.30. The minimum absolute atomic E-state index is 0.126. The SMILES string of the molecule is COc1ccc(COc2ccc(C(=O)O)c(CCl)c2)cc1. The largest absolute Gasteiger partial charge is 0.497 e. The number of methoxy groups -OCH3 is 1. The molecule has 4 nitrogen and oxygen atoms in total. The molecule has 2 aromatic rings. The average Bonchev–Trinajstić information content (AvgIpc) is 2.52. The van der Waals surface area contributed by atoms with Gasteiger partial charge in [0.15, 0.2) is 0 Å². The lowest BCUT2D eigenvalue weighted by molar-refractivity contribution is 0.0696. The van der Waals surface area contributed by atoms with E-state index in [1.54, 1.807) is 19.2 Å². The molecule has 2 aromatic carbocycles. The van der Waals surface area contributed by atoms with Gasteiger partial charge in [-0.2, -0.15) is 0 Å². The molecule has 0 saturated carbocycles. The molecular formula is C16H15ClO4. The molecule has 5 heteroatoms. The highest BCUT2D eigenvalue weighted by Crippen LogP contribution is 2.21. The first-order chi connectivity index (χ1) is 10.1. The molecule has 0 heterocycles. The monoisotopic (exact) mass is 306 g/mol. The summed E-state index contributed by atoms with van der Waals surface area (Å²) in [5.74, 6) is 0.509. The summed E-state index contributed by atoms with van der Waals surface area (Å²) in [6.45, 7) is 0.387. The highest BCUT2D eigenvalue weighted by molar-refractivity contribution is 6.17. The Hall–Kier alpha value is -2.20. The van der Waals surface area contributed by atoms with E-state index in [1.165, 1.54) is 6.07 Å². The van der Waals surface area contributed by atoms with Crippen LogP contribution in [0.4, 0.5) is 0 Å².